The average Bonchev–Trinajstić information content (AvgIpc) is 3.39. The summed E-state index contributed by atoms with van der Waals surface area (Å²) in [4.78, 5) is 18.6. The predicted molar refractivity (Wildman–Crippen MR) is 106 cm³/mol. The summed E-state index contributed by atoms with van der Waals surface area (Å²) >= 11 is 2.81. The zero-order chi connectivity index (χ0) is 19.9. The molecule has 0 saturated carbocycles. The Morgan fingerprint density at radius 1 is 0.821 bits per heavy atom. The lowest BCUT2D eigenvalue weighted by Gasteiger charge is -1.94. The van der Waals surface area contributed by atoms with Crippen molar-refractivity contribution >= 4 is 29.0 Å². The predicted octanol–water partition coefficient (Wildman–Crippen LogP) is 5.20. The fourth-order valence-corrected chi connectivity index (χ4v) is 3.76. The Kier molecular flexibility index (Phi) is 6.70. The summed E-state index contributed by atoms with van der Waals surface area (Å²) in [5.74, 6) is -0.534. The molecule has 28 heavy (non-hydrogen) atoms. The second kappa shape index (κ2) is 9.41. The van der Waals surface area contributed by atoms with Crippen molar-refractivity contribution in [3.05, 3.63) is 82.3 Å². The summed E-state index contributed by atoms with van der Waals surface area (Å²) < 4.78 is 25.2. The average molecular weight is 416 g/mol. The van der Waals surface area contributed by atoms with Crippen LogP contribution in [0.15, 0.2) is 59.3 Å². The molecule has 1 N–H and O–H groups in total. The van der Waals surface area contributed by atoms with Gasteiger partial charge in [-0.3, -0.25) is 4.79 Å². The van der Waals surface area contributed by atoms with Crippen LogP contribution in [0.25, 0.3) is 21.1 Å². The number of nitrogens with zero attached hydrogens (tertiary/aromatic N) is 2. The molecule has 8 heteroatoms. The number of halogens is 2. The first-order valence-corrected chi connectivity index (χ1v) is 9.83. The van der Waals surface area contributed by atoms with E-state index < -0.39 is 0 Å². The Morgan fingerprint density at radius 2 is 1.32 bits per heavy atom. The van der Waals surface area contributed by atoms with Crippen LogP contribution in [0, 0.1) is 11.6 Å². The quantitative estimate of drug-likeness (QED) is 0.464. The van der Waals surface area contributed by atoms with Gasteiger partial charge in [-0.1, -0.05) is 0 Å². The van der Waals surface area contributed by atoms with Gasteiger partial charge in [0.25, 0.3) is 0 Å². The number of aromatic nitrogens is 2. The van der Waals surface area contributed by atoms with Gasteiger partial charge in [-0.25, -0.2) is 18.7 Å². The van der Waals surface area contributed by atoms with Crippen LogP contribution in [0.1, 0.15) is 16.2 Å². The molecule has 2 aromatic carbocycles. The van der Waals surface area contributed by atoms with E-state index >= 15 is 0 Å². The minimum Gasteiger partial charge on any atom is -0.390 e. The number of rotatable bonds is 4. The Balaban J connectivity index is 0.000000161. The Labute approximate surface area is 167 Å². The minimum absolute atomic E-state index is 0.0578. The van der Waals surface area contributed by atoms with Crippen LogP contribution in [0.4, 0.5) is 8.78 Å². The van der Waals surface area contributed by atoms with Crippen molar-refractivity contribution in [3.8, 4) is 21.1 Å². The molecule has 0 saturated heterocycles. The molecular weight excluding hydrogens is 402 g/mol. The zero-order valence-corrected chi connectivity index (χ0v) is 16.0. The smallest absolute Gasteiger partial charge is 0.169 e. The van der Waals surface area contributed by atoms with E-state index in [4.69, 9.17) is 5.11 Å². The van der Waals surface area contributed by atoms with Crippen molar-refractivity contribution in [2.75, 3.05) is 0 Å². The Morgan fingerprint density at radius 3 is 1.75 bits per heavy atom. The maximum Gasteiger partial charge on any atom is 0.169 e. The number of aliphatic hydroxyl groups is 1. The summed E-state index contributed by atoms with van der Waals surface area (Å²) in [7, 11) is 0. The molecule has 4 nitrogen and oxygen atoms in total. The summed E-state index contributed by atoms with van der Waals surface area (Å²) in [5, 5.41) is 13.8. The normalized spacial score (nSPS) is 10.2. The fourth-order valence-electron chi connectivity index (χ4n) is 2.17. The molecule has 4 aromatic rings. The van der Waals surface area contributed by atoms with Crippen LogP contribution >= 0.6 is 22.7 Å². The van der Waals surface area contributed by atoms with E-state index in [1.165, 1.54) is 46.9 Å². The number of carbonyl (C=O) groups is 1. The van der Waals surface area contributed by atoms with E-state index in [0.29, 0.717) is 17.7 Å². The lowest BCUT2D eigenvalue weighted by atomic mass is 10.2. The monoisotopic (exact) mass is 416 g/mol. The van der Waals surface area contributed by atoms with Crippen LogP contribution in [-0.2, 0) is 6.61 Å². The molecule has 0 aliphatic heterocycles. The van der Waals surface area contributed by atoms with Crippen molar-refractivity contribution in [3.63, 3.8) is 0 Å². The largest absolute Gasteiger partial charge is 0.390 e. The first-order chi connectivity index (χ1) is 13.6. The Hall–Kier alpha value is -2.81. The van der Waals surface area contributed by atoms with Crippen LogP contribution in [0.5, 0.6) is 0 Å². The number of hydrogen-bond donors (Lipinski definition) is 1. The molecule has 0 aliphatic carbocycles. The van der Waals surface area contributed by atoms with Crippen molar-refractivity contribution in [1.82, 2.24) is 9.97 Å². The molecule has 0 bridgehead atoms. The summed E-state index contributed by atoms with van der Waals surface area (Å²) in [5.41, 5.74) is 2.75. The van der Waals surface area contributed by atoms with E-state index in [1.807, 2.05) is 0 Å². The van der Waals surface area contributed by atoms with Crippen molar-refractivity contribution < 1.29 is 18.7 Å². The summed E-state index contributed by atoms with van der Waals surface area (Å²) in [6.45, 7) is -0.0578. The third-order valence-electron chi connectivity index (χ3n) is 3.54. The van der Waals surface area contributed by atoms with Gasteiger partial charge in [-0.2, -0.15) is 0 Å². The van der Waals surface area contributed by atoms with Crippen molar-refractivity contribution in [1.29, 1.82) is 0 Å². The molecule has 2 aromatic heterocycles. The molecule has 4 rings (SSSR count). The summed E-state index contributed by atoms with van der Waals surface area (Å²) in [6, 6.07) is 12.2. The van der Waals surface area contributed by atoms with Gasteiger partial charge in [0.15, 0.2) is 6.29 Å². The molecule has 0 amide bonds. The summed E-state index contributed by atoms with van der Waals surface area (Å²) in [6.07, 6.45) is 0.698. The zero-order valence-electron chi connectivity index (χ0n) is 14.4. The molecule has 0 atom stereocenters. The van der Waals surface area contributed by atoms with E-state index in [0.717, 1.165) is 21.1 Å². The first-order valence-electron chi connectivity index (χ1n) is 8.07. The number of benzene rings is 2. The fraction of sp³-hybridized carbons (Fsp3) is 0.0500. The second-order valence-corrected chi connectivity index (χ2v) is 7.23. The second-order valence-electron chi connectivity index (χ2n) is 5.51. The molecule has 2 heterocycles. The molecule has 0 aliphatic rings. The van der Waals surface area contributed by atoms with Gasteiger partial charge in [0, 0.05) is 21.9 Å². The topological polar surface area (TPSA) is 63.1 Å². The van der Waals surface area contributed by atoms with E-state index in [9.17, 15) is 13.6 Å². The van der Waals surface area contributed by atoms with Crippen molar-refractivity contribution in [2.24, 2.45) is 0 Å². The highest BCUT2D eigenvalue weighted by molar-refractivity contribution is 7.13. The maximum atomic E-state index is 12.6. The van der Waals surface area contributed by atoms with Gasteiger partial charge in [0.2, 0.25) is 0 Å². The van der Waals surface area contributed by atoms with Crippen molar-refractivity contribution in [2.45, 2.75) is 6.61 Å². The van der Waals surface area contributed by atoms with Gasteiger partial charge in [-0.15, -0.1) is 22.7 Å². The molecule has 0 fully saturated rings. The van der Waals surface area contributed by atoms with Crippen LogP contribution in [0.2, 0.25) is 0 Å². The highest BCUT2D eigenvalue weighted by Crippen LogP contribution is 2.24. The number of aldehydes is 1. The van der Waals surface area contributed by atoms with Gasteiger partial charge in [0.1, 0.15) is 27.3 Å². The lowest BCUT2D eigenvalue weighted by molar-refractivity contribution is 0.111. The molecule has 0 radical (unpaired) electrons. The van der Waals surface area contributed by atoms with Crippen LogP contribution in [0.3, 0.4) is 0 Å². The molecule has 0 spiro atoms. The van der Waals surface area contributed by atoms with Crippen LogP contribution in [-0.4, -0.2) is 21.4 Å². The Bertz CT molecular complexity index is 1040. The van der Waals surface area contributed by atoms with Gasteiger partial charge in [-0.05, 0) is 48.5 Å². The van der Waals surface area contributed by atoms with Gasteiger partial charge >= 0.3 is 0 Å². The maximum absolute atomic E-state index is 12.6. The SMILES string of the molecule is O=Cc1csc(-c2ccc(F)cc2)n1.OCc1csc(-c2ccc(F)cc2)n1. The number of hydrogen-bond acceptors (Lipinski definition) is 6. The molecule has 142 valence electrons. The van der Waals surface area contributed by atoms with E-state index in [1.54, 1.807) is 35.0 Å². The number of thiazole rings is 2. The minimum atomic E-state index is -0.277. The van der Waals surface area contributed by atoms with E-state index in [-0.39, 0.29) is 18.2 Å². The third-order valence-corrected chi connectivity index (χ3v) is 5.39. The van der Waals surface area contributed by atoms with Crippen LogP contribution < -0.4 is 0 Å². The third kappa shape index (κ3) is 5.13. The molecule has 0 unspecified atom stereocenters. The first kappa shape index (κ1) is 19.9. The van der Waals surface area contributed by atoms with Gasteiger partial charge < -0.3 is 5.11 Å². The standard InChI is InChI=1S/C10H8FNOS.C10H6FNOS/c2*11-8-3-1-7(2-4-8)10-12-9(5-13)6-14-10/h1-4,6,13H,5H2;1-6H. The number of carbonyl (C=O) groups excluding carboxylic acids is 1. The highest BCUT2D eigenvalue weighted by Gasteiger charge is 2.04. The lowest BCUT2D eigenvalue weighted by Crippen LogP contribution is -1.82. The number of aliphatic hydroxyl groups excluding tert-OH is 1. The van der Waals surface area contributed by atoms with Gasteiger partial charge in [0.05, 0.1) is 12.3 Å². The molecular formula is C20H14F2N2O2S2. The highest BCUT2D eigenvalue weighted by atomic mass is 32.1. The van der Waals surface area contributed by atoms with E-state index in [2.05, 4.69) is 9.97 Å².